The lowest BCUT2D eigenvalue weighted by molar-refractivity contribution is -0.114. The van der Waals surface area contributed by atoms with Gasteiger partial charge in [0.1, 0.15) is 23.8 Å². The van der Waals surface area contributed by atoms with E-state index >= 15 is 0 Å². The fourth-order valence-electron chi connectivity index (χ4n) is 4.21. The highest BCUT2D eigenvalue weighted by molar-refractivity contribution is 7.98. The van der Waals surface area contributed by atoms with Gasteiger partial charge in [0.25, 0.3) is 20.0 Å². The molecule has 11 nitrogen and oxygen atoms in total. The molecule has 2 N–H and O–H groups in total. The van der Waals surface area contributed by atoms with Crippen molar-refractivity contribution in [2.75, 3.05) is 48.0 Å². The van der Waals surface area contributed by atoms with E-state index in [4.69, 9.17) is 14.2 Å². The number of nitrogens with one attached hydrogen (secondary N) is 2. The van der Waals surface area contributed by atoms with E-state index in [-0.39, 0.29) is 26.9 Å². The van der Waals surface area contributed by atoms with Crippen molar-refractivity contribution in [2.24, 2.45) is 0 Å². The Morgan fingerprint density at radius 1 is 0.800 bits per heavy atom. The van der Waals surface area contributed by atoms with E-state index in [1.54, 1.807) is 48.5 Å². The molecule has 1 amide bonds. The number of amides is 1. The third-order valence-corrected chi connectivity index (χ3v) is 10.4. The second kappa shape index (κ2) is 14.6. The monoisotopic (exact) mass is 671 g/mol. The smallest absolute Gasteiger partial charge is 0.264 e. The maximum atomic E-state index is 13.7. The summed E-state index contributed by atoms with van der Waals surface area (Å²) >= 11 is 1.48. The van der Waals surface area contributed by atoms with Gasteiger partial charge in [0.05, 0.1) is 42.0 Å². The van der Waals surface area contributed by atoms with E-state index in [9.17, 15) is 21.6 Å². The van der Waals surface area contributed by atoms with Crippen LogP contribution in [-0.4, -0.2) is 56.4 Å². The SMILES string of the molecule is CCOc1ccc(N(CC(=O)Nc2ccc(S(=O)(=O)Nc3cc(OC)ccc3OC)cc2)S(=O)(=O)c2ccc(SC)cc2)cc1. The van der Waals surface area contributed by atoms with Gasteiger partial charge in [-0.2, -0.15) is 0 Å². The molecule has 238 valence electrons. The Bertz CT molecular complexity index is 1830. The summed E-state index contributed by atoms with van der Waals surface area (Å²) in [5.74, 6) is 0.658. The quantitative estimate of drug-likeness (QED) is 0.167. The maximum Gasteiger partial charge on any atom is 0.264 e. The van der Waals surface area contributed by atoms with Gasteiger partial charge in [0.2, 0.25) is 5.91 Å². The standard InChI is InChI=1S/C31H33N3O8S3/c1-5-42-24-10-8-23(9-11-24)34(45(38,39)28-17-13-26(43-4)14-18-28)21-31(35)32-22-6-15-27(16-7-22)44(36,37)33-29-20-25(40-2)12-19-30(29)41-3/h6-20,33H,5,21H2,1-4H3,(H,32,35). The molecule has 0 saturated carbocycles. The summed E-state index contributed by atoms with van der Waals surface area (Å²) in [5, 5.41) is 2.65. The normalized spacial score (nSPS) is 11.4. The van der Waals surface area contributed by atoms with Crippen molar-refractivity contribution in [1.29, 1.82) is 0 Å². The van der Waals surface area contributed by atoms with E-state index in [0.717, 1.165) is 9.20 Å². The first-order valence-electron chi connectivity index (χ1n) is 13.5. The van der Waals surface area contributed by atoms with Gasteiger partial charge < -0.3 is 19.5 Å². The van der Waals surface area contributed by atoms with Crippen LogP contribution in [0, 0.1) is 0 Å². The summed E-state index contributed by atoms with van der Waals surface area (Å²) < 4.78 is 73.0. The third kappa shape index (κ3) is 8.21. The topological polar surface area (TPSA) is 140 Å². The molecule has 0 unspecified atom stereocenters. The van der Waals surface area contributed by atoms with Crippen LogP contribution >= 0.6 is 11.8 Å². The van der Waals surface area contributed by atoms with Gasteiger partial charge in [-0.05, 0) is 98.1 Å². The first-order chi connectivity index (χ1) is 21.5. The van der Waals surface area contributed by atoms with Gasteiger partial charge in [0.15, 0.2) is 0 Å². The highest BCUT2D eigenvalue weighted by Gasteiger charge is 2.27. The second-order valence-corrected chi connectivity index (χ2v) is 13.8. The molecule has 0 saturated heterocycles. The van der Waals surface area contributed by atoms with Crippen LogP contribution in [0.25, 0.3) is 0 Å². The zero-order valence-corrected chi connectivity index (χ0v) is 27.5. The van der Waals surface area contributed by atoms with E-state index in [1.165, 1.54) is 68.4 Å². The summed E-state index contributed by atoms with van der Waals surface area (Å²) in [7, 11) is -5.30. The summed E-state index contributed by atoms with van der Waals surface area (Å²) in [6.45, 7) is 1.73. The number of carbonyl (C=O) groups excluding carboxylic acids is 1. The number of hydrogen-bond donors (Lipinski definition) is 2. The van der Waals surface area contributed by atoms with Crippen molar-refractivity contribution in [3.8, 4) is 17.2 Å². The van der Waals surface area contributed by atoms with Crippen LogP contribution in [-0.2, 0) is 24.8 Å². The predicted octanol–water partition coefficient (Wildman–Crippen LogP) is 5.46. The third-order valence-electron chi connectivity index (χ3n) is 6.47. The number of carbonyl (C=O) groups is 1. The molecule has 0 heterocycles. The van der Waals surface area contributed by atoms with Crippen LogP contribution in [0.3, 0.4) is 0 Å². The Balaban J connectivity index is 1.54. The zero-order valence-electron chi connectivity index (χ0n) is 25.0. The van der Waals surface area contributed by atoms with Gasteiger partial charge in [-0.1, -0.05) is 0 Å². The highest BCUT2D eigenvalue weighted by atomic mass is 32.2. The number of anilines is 3. The minimum Gasteiger partial charge on any atom is -0.497 e. The predicted molar refractivity (Wildman–Crippen MR) is 176 cm³/mol. The van der Waals surface area contributed by atoms with Gasteiger partial charge in [0, 0.05) is 16.6 Å². The molecule has 0 bridgehead atoms. The van der Waals surface area contributed by atoms with Crippen LogP contribution < -0.4 is 28.6 Å². The molecular formula is C31H33N3O8S3. The van der Waals surface area contributed by atoms with E-state index in [0.29, 0.717) is 23.9 Å². The Hall–Kier alpha value is -4.40. The molecule has 0 aliphatic heterocycles. The van der Waals surface area contributed by atoms with Gasteiger partial charge in [-0.25, -0.2) is 16.8 Å². The zero-order chi connectivity index (χ0) is 32.6. The molecule has 0 atom stereocenters. The van der Waals surface area contributed by atoms with E-state index in [2.05, 4.69) is 10.0 Å². The maximum absolute atomic E-state index is 13.7. The first kappa shape index (κ1) is 33.5. The van der Waals surface area contributed by atoms with Gasteiger partial charge in [-0.15, -0.1) is 11.8 Å². The number of hydrogen-bond acceptors (Lipinski definition) is 9. The number of sulfonamides is 2. The van der Waals surface area contributed by atoms with Crippen LogP contribution in [0.4, 0.5) is 17.1 Å². The van der Waals surface area contributed by atoms with Crippen molar-refractivity contribution in [3.05, 3.63) is 91.0 Å². The fourth-order valence-corrected chi connectivity index (χ4v) is 7.10. The summed E-state index contributed by atoms with van der Waals surface area (Å²) in [5.41, 5.74) is 0.724. The molecule has 0 aliphatic rings. The first-order valence-corrected chi connectivity index (χ1v) is 17.7. The highest BCUT2D eigenvalue weighted by Crippen LogP contribution is 2.31. The number of benzene rings is 4. The van der Waals surface area contributed by atoms with E-state index < -0.39 is 32.5 Å². The minimum atomic E-state index is -4.14. The Morgan fingerprint density at radius 3 is 2.00 bits per heavy atom. The van der Waals surface area contributed by atoms with Crippen molar-refractivity contribution in [1.82, 2.24) is 0 Å². The van der Waals surface area contributed by atoms with Crippen LogP contribution in [0.2, 0.25) is 0 Å². The summed E-state index contributed by atoms with van der Waals surface area (Å²) in [4.78, 5) is 14.0. The fraction of sp³-hybridized carbons (Fsp3) is 0.194. The number of rotatable bonds is 14. The Kier molecular flexibility index (Phi) is 10.9. The number of methoxy groups -OCH3 is 2. The van der Waals surface area contributed by atoms with Crippen molar-refractivity contribution >= 4 is 54.8 Å². The van der Waals surface area contributed by atoms with Crippen LogP contribution in [0.15, 0.2) is 106 Å². The molecule has 4 aromatic carbocycles. The van der Waals surface area contributed by atoms with Crippen LogP contribution in [0.1, 0.15) is 6.92 Å². The number of ether oxygens (including phenoxy) is 3. The summed E-state index contributed by atoms with van der Waals surface area (Å²) in [6, 6.07) is 22.9. The second-order valence-electron chi connectivity index (χ2n) is 9.36. The number of thioether (sulfide) groups is 1. The largest absolute Gasteiger partial charge is 0.497 e. The molecule has 4 rings (SSSR count). The molecule has 4 aromatic rings. The van der Waals surface area contributed by atoms with Gasteiger partial charge >= 0.3 is 0 Å². The molecule has 0 radical (unpaired) electrons. The molecule has 0 aromatic heterocycles. The van der Waals surface area contributed by atoms with Crippen molar-refractivity contribution in [2.45, 2.75) is 21.6 Å². The Morgan fingerprint density at radius 2 is 1.42 bits per heavy atom. The Labute approximate surface area is 267 Å². The molecule has 0 spiro atoms. The minimum absolute atomic E-state index is 0.0247. The lowest BCUT2D eigenvalue weighted by Crippen LogP contribution is -2.38. The number of nitrogens with zero attached hydrogens (tertiary/aromatic N) is 1. The lowest BCUT2D eigenvalue weighted by atomic mass is 10.3. The summed E-state index contributed by atoms with van der Waals surface area (Å²) in [6.07, 6.45) is 1.89. The average Bonchev–Trinajstić information content (AvgIpc) is 3.04. The van der Waals surface area contributed by atoms with E-state index in [1.807, 2.05) is 13.2 Å². The molecule has 45 heavy (non-hydrogen) atoms. The lowest BCUT2D eigenvalue weighted by Gasteiger charge is -2.24. The van der Waals surface area contributed by atoms with Crippen molar-refractivity contribution < 1.29 is 35.8 Å². The van der Waals surface area contributed by atoms with Crippen molar-refractivity contribution in [3.63, 3.8) is 0 Å². The molecular weight excluding hydrogens is 639 g/mol. The molecule has 0 fully saturated rings. The average molecular weight is 672 g/mol. The van der Waals surface area contributed by atoms with Gasteiger partial charge in [-0.3, -0.25) is 13.8 Å². The molecule has 0 aliphatic carbocycles. The molecule has 14 heteroatoms. The van der Waals surface area contributed by atoms with Crippen LogP contribution in [0.5, 0.6) is 17.2 Å².